The fraction of sp³-hybridized carbons (Fsp3) is 0.707. The molecule has 8 heteroatoms. The molecule has 2 aromatic carbocycles. The predicted molar refractivity (Wildman–Crippen MR) is 201 cm³/mol. The van der Waals surface area contributed by atoms with Crippen molar-refractivity contribution in [1.82, 2.24) is 10.6 Å². The average molecular weight is 681 g/mol. The Hall–Kier alpha value is -2.20. The van der Waals surface area contributed by atoms with Gasteiger partial charge in [-0.3, -0.25) is 0 Å². The summed E-state index contributed by atoms with van der Waals surface area (Å²) in [6.45, 7) is 12.1. The van der Waals surface area contributed by atoms with Crippen LogP contribution < -0.4 is 31.6 Å². The lowest BCUT2D eigenvalue weighted by atomic mass is 9.78. The standard InChI is InChI=1S/C41H68N4O4/c1-39(2,33-11-15-37(16-12-33)48-29-35(46)27-44-23-19-31-9-5-7-21-40(3,42)25-31)34-13-17-38(18-14-34)49-30-36(47)28-45-24-20-32-10-6-8-22-41(4,43)26-32/h11-18,31-32,35-36,44-47H,5-10,19-30,42-43H2,1-4H3. The van der Waals surface area contributed by atoms with Gasteiger partial charge in [0.15, 0.2) is 0 Å². The van der Waals surface area contributed by atoms with E-state index in [9.17, 15) is 10.2 Å². The molecule has 8 nitrogen and oxygen atoms in total. The van der Waals surface area contributed by atoms with Crippen LogP contribution in [0.25, 0.3) is 0 Å². The quantitative estimate of drug-likeness (QED) is 0.0829. The van der Waals surface area contributed by atoms with E-state index in [0.29, 0.717) is 24.9 Å². The molecule has 49 heavy (non-hydrogen) atoms. The third kappa shape index (κ3) is 13.8. The highest BCUT2D eigenvalue weighted by molar-refractivity contribution is 5.41. The van der Waals surface area contributed by atoms with Crippen LogP contribution in [0.2, 0.25) is 0 Å². The van der Waals surface area contributed by atoms with Crippen molar-refractivity contribution in [3.63, 3.8) is 0 Å². The number of nitrogens with one attached hydrogen (secondary N) is 2. The van der Waals surface area contributed by atoms with E-state index in [-0.39, 0.29) is 29.7 Å². The van der Waals surface area contributed by atoms with Crippen LogP contribution in [0.15, 0.2) is 48.5 Å². The molecule has 276 valence electrons. The Kier molecular flexibility index (Phi) is 15.2. The van der Waals surface area contributed by atoms with Crippen LogP contribution >= 0.6 is 0 Å². The minimum atomic E-state index is -0.567. The summed E-state index contributed by atoms with van der Waals surface area (Å²) >= 11 is 0. The third-order valence-corrected chi connectivity index (χ3v) is 11.0. The van der Waals surface area contributed by atoms with Crippen LogP contribution in [0.3, 0.4) is 0 Å². The highest BCUT2D eigenvalue weighted by Crippen LogP contribution is 2.34. The molecule has 0 saturated heterocycles. The number of rotatable bonds is 18. The Bertz CT molecular complexity index is 1120. The molecule has 2 aliphatic rings. The summed E-state index contributed by atoms with van der Waals surface area (Å²) in [4.78, 5) is 0. The van der Waals surface area contributed by atoms with Gasteiger partial charge in [0.1, 0.15) is 36.9 Å². The molecule has 2 aliphatic carbocycles. The first-order valence-corrected chi connectivity index (χ1v) is 19.1. The number of nitrogens with two attached hydrogens (primary N) is 2. The first-order valence-electron chi connectivity index (χ1n) is 19.1. The highest BCUT2D eigenvalue weighted by Gasteiger charge is 2.28. The van der Waals surface area contributed by atoms with E-state index in [4.69, 9.17) is 20.9 Å². The molecule has 0 heterocycles. The molecular weight excluding hydrogens is 612 g/mol. The van der Waals surface area contributed by atoms with E-state index >= 15 is 0 Å². The van der Waals surface area contributed by atoms with Crippen molar-refractivity contribution in [1.29, 1.82) is 0 Å². The van der Waals surface area contributed by atoms with E-state index in [2.05, 4.69) is 62.6 Å². The monoisotopic (exact) mass is 681 g/mol. The van der Waals surface area contributed by atoms with Gasteiger partial charge in [0.2, 0.25) is 0 Å². The van der Waals surface area contributed by atoms with Gasteiger partial charge in [-0.25, -0.2) is 0 Å². The van der Waals surface area contributed by atoms with Gasteiger partial charge in [-0.15, -0.1) is 0 Å². The molecule has 0 radical (unpaired) electrons. The number of aliphatic hydroxyl groups is 2. The smallest absolute Gasteiger partial charge is 0.119 e. The second kappa shape index (κ2) is 18.9. The van der Waals surface area contributed by atoms with Crippen molar-refractivity contribution in [3.8, 4) is 11.5 Å². The van der Waals surface area contributed by atoms with Crippen LogP contribution in [-0.2, 0) is 5.41 Å². The van der Waals surface area contributed by atoms with Gasteiger partial charge in [0.25, 0.3) is 0 Å². The van der Waals surface area contributed by atoms with Gasteiger partial charge < -0.3 is 41.8 Å². The molecule has 0 aliphatic heterocycles. The molecule has 0 spiro atoms. The number of ether oxygens (including phenoxy) is 2. The first-order chi connectivity index (χ1) is 23.3. The minimum Gasteiger partial charge on any atom is -0.491 e. The summed E-state index contributed by atoms with van der Waals surface area (Å²) in [7, 11) is 0. The molecule has 8 N–H and O–H groups in total. The lowest BCUT2D eigenvalue weighted by Crippen LogP contribution is -2.38. The van der Waals surface area contributed by atoms with Crippen molar-refractivity contribution in [2.24, 2.45) is 23.3 Å². The van der Waals surface area contributed by atoms with E-state index in [1.807, 2.05) is 24.3 Å². The molecular formula is C41H68N4O4. The number of aliphatic hydroxyl groups excluding tert-OH is 2. The Labute approximate surface area is 297 Å². The average Bonchev–Trinajstić information content (AvgIpc) is 3.36. The largest absolute Gasteiger partial charge is 0.491 e. The second-order valence-corrected chi connectivity index (χ2v) is 16.5. The summed E-state index contributed by atoms with van der Waals surface area (Å²) < 4.78 is 11.8. The molecule has 0 aromatic heterocycles. The first kappa shape index (κ1) is 39.6. The van der Waals surface area contributed by atoms with Crippen molar-refractivity contribution in [2.75, 3.05) is 39.4 Å². The molecule has 2 aromatic rings. The van der Waals surface area contributed by atoms with Crippen molar-refractivity contribution < 1.29 is 19.7 Å². The summed E-state index contributed by atoms with van der Waals surface area (Å²) in [6, 6.07) is 16.3. The Morgan fingerprint density at radius 1 is 0.694 bits per heavy atom. The molecule has 0 amide bonds. The normalized spacial score (nSPS) is 26.4. The summed E-state index contributed by atoms with van der Waals surface area (Å²) in [6.07, 6.45) is 13.0. The van der Waals surface area contributed by atoms with Crippen LogP contribution in [0.1, 0.15) is 116 Å². The third-order valence-electron chi connectivity index (χ3n) is 11.0. The minimum absolute atomic E-state index is 0.0368. The second-order valence-electron chi connectivity index (χ2n) is 16.5. The Balaban J connectivity index is 1.12. The van der Waals surface area contributed by atoms with Crippen molar-refractivity contribution in [2.45, 2.75) is 133 Å². The Morgan fingerprint density at radius 3 is 1.47 bits per heavy atom. The van der Waals surface area contributed by atoms with Gasteiger partial charge >= 0.3 is 0 Å². The lowest BCUT2D eigenvalue weighted by Gasteiger charge is -2.27. The van der Waals surface area contributed by atoms with Gasteiger partial charge in [0.05, 0.1) is 0 Å². The van der Waals surface area contributed by atoms with Crippen molar-refractivity contribution in [3.05, 3.63) is 59.7 Å². The number of hydrogen-bond donors (Lipinski definition) is 6. The summed E-state index contributed by atoms with van der Waals surface area (Å²) in [5.74, 6) is 2.82. The predicted octanol–water partition coefficient (Wildman–Crippen LogP) is 6.05. The lowest BCUT2D eigenvalue weighted by molar-refractivity contribution is 0.106. The Morgan fingerprint density at radius 2 is 1.08 bits per heavy atom. The summed E-state index contributed by atoms with van der Waals surface area (Å²) in [5, 5.41) is 27.8. The molecule has 2 fully saturated rings. The topological polar surface area (TPSA) is 135 Å². The maximum Gasteiger partial charge on any atom is 0.119 e. The molecule has 6 atom stereocenters. The van der Waals surface area contributed by atoms with Crippen molar-refractivity contribution >= 4 is 0 Å². The van der Waals surface area contributed by atoms with Crippen LogP contribution in [0.4, 0.5) is 0 Å². The molecule has 0 bridgehead atoms. The molecule has 4 rings (SSSR count). The zero-order valence-electron chi connectivity index (χ0n) is 31.0. The fourth-order valence-electron chi connectivity index (χ4n) is 7.90. The van der Waals surface area contributed by atoms with Crippen LogP contribution in [0, 0.1) is 11.8 Å². The van der Waals surface area contributed by atoms with E-state index in [0.717, 1.165) is 63.1 Å². The maximum absolute atomic E-state index is 10.5. The van der Waals surface area contributed by atoms with Crippen LogP contribution in [0.5, 0.6) is 11.5 Å². The molecule has 2 saturated carbocycles. The van der Waals surface area contributed by atoms with Gasteiger partial charge in [-0.05, 0) is 113 Å². The van der Waals surface area contributed by atoms with Crippen LogP contribution in [-0.4, -0.2) is 72.9 Å². The summed E-state index contributed by atoms with van der Waals surface area (Å²) in [5.41, 5.74) is 14.9. The van der Waals surface area contributed by atoms with E-state index < -0.39 is 12.2 Å². The number of hydrogen-bond acceptors (Lipinski definition) is 8. The van der Waals surface area contributed by atoms with E-state index in [1.165, 1.54) is 49.7 Å². The number of benzene rings is 2. The maximum atomic E-state index is 10.5. The molecule has 6 unspecified atom stereocenters. The zero-order valence-corrected chi connectivity index (χ0v) is 31.0. The fourth-order valence-corrected chi connectivity index (χ4v) is 7.90. The zero-order chi connectivity index (χ0) is 35.3. The van der Waals surface area contributed by atoms with E-state index in [1.54, 1.807) is 0 Å². The van der Waals surface area contributed by atoms with Gasteiger partial charge in [-0.2, -0.15) is 0 Å². The van der Waals surface area contributed by atoms with Gasteiger partial charge in [0, 0.05) is 29.6 Å². The van der Waals surface area contributed by atoms with Gasteiger partial charge in [-0.1, -0.05) is 76.6 Å². The highest BCUT2D eigenvalue weighted by atomic mass is 16.5. The SMILES string of the molecule is CC1(N)CCCCC(CCNCC(O)COc2ccc(C(C)(C)c3ccc(OCC(O)CNCCC4CCCCC(C)(N)C4)cc3)cc2)C1.